The van der Waals surface area contributed by atoms with E-state index >= 15 is 0 Å². The molecule has 0 saturated heterocycles. The summed E-state index contributed by atoms with van der Waals surface area (Å²) >= 11 is 0. The smallest absolute Gasteiger partial charge is 0.0611 e. The third-order valence-electron chi connectivity index (χ3n) is 0.800. The summed E-state index contributed by atoms with van der Waals surface area (Å²) < 4.78 is 0. The molecule has 0 bridgehead atoms. The van der Waals surface area contributed by atoms with Gasteiger partial charge in [0.2, 0.25) is 5.39 Å². The van der Waals surface area contributed by atoms with Crippen LogP contribution in [0.4, 0.5) is 5.69 Å². The molecule has 0 spiro atoms. The summed E-state index contributed by atoms with van der Waals surface area (Å²) in [6.45, 7) is 0. The van der Waals surface area contributed by atoms with Gasteiger partial charge >= 0.3 is 5.69 Å². The first-order chi connectivity index (χ1) is 3.93. The van der Waals surface area contributed by atoms with Gasteiger partial charge in [-0.2, -0.15) is 0 Å². The monoisotopic (exact) mass is 104 g/mol. The SMILES string of the molecule is N#[N+]c1[c]cccc1. The molecule has 1 aromatic rings. The van der Waals surface area contributed by atoms with Crippen LogP contribution in [0.25, 0.3) is 4.98 Å². The Bertz CT molecular complexity index is 198. The van der Waals surface area contributed by atoms with Crippen molar-refractivity contribution in [1.82, 2.24) is 0 Å². The molecule has 8 heavy (non-hydrogen) atoms. The Balaban J connectivity index is 3.05. The minimum atomic E-state index is 0.465. The highest BCUT2D eigenvalue weighted by molar-refractivity contribution is 5.40. The first-order valence-electron chi connectivity index (χ1n) is 2.25. The summed E-state index contributed by atoms with van der Waals surface area (Å²) in [6.07, 6.45) is 0. The van der Waals surface area contributed by atoms with Crippen molar-refractivity contribution in [3.05, 3.63) is 35.3 Å². The van der Waals surface area contributed by atoms with E-state index in [1.54, 1.807) is 18.2 Å². The largest absolute Gasteiger partial charge is 0.393 e. The summed E-state index contributed by atoms with van der Waals surface area (Å²) in [5, 5.41) is 8.13. The van der Waals surface area contributed by atoms with Crippen LogP contribution in [0.2, 0.25) is 0 Å². The molecule has 0 aliphatic heterocycles. The van der Waals surface area contributed by atoms with Gasteiger partial charge in [-0.1, -0.05) is 12.1 Å². The molecule has 0 aromatic heterocycles. The lowest BCUT2D eigenvalue weighted by atomic mass is 10.3. The lowest BCUT2D eigenvalue weighted by Crippen LogP contribution is -1.55. The van der Waals surface area contributed by atoms with E-state index in [-0.39, 0.29) is 0 Å². The summed E-state index contributed by atoms with van der Waals surface area (Å²) in [5.41, 5.74) is 0.465. The van der Waals surface area contributed by atoms with E-state index in [0.717, 1.165) is 0 Å². The van der Waals surface area contributed by atoms with Crippen molar-refractivity contribution in [1.29, 1.82) is 5.39 Å². The van der Waals surface area contributed by atoms with Crippen LogP contribution in [0.15, 0.2) is 24.3 Å². The second-order valence-electron chi connectivity index (χ2n) is 1.35. The molecule has 0 aliphatic rings. The molecule has 0 amide bonds. The number of nitrogens with zero attached hydrogens (tertiary/aromatic N) is 2. The van der Waals surface area contributed by atoms with Crippen molar-refractivity contribution in [2.75, 3.05) is 0 Å². The number of rotatable bonds is 0. The van der Waals surface area contributed by atoms with Crippen molar-refractivity contribution in [2.24, 2.45) is 0 Å². The minimum absolute atomic E-state index is 0.465. The highest BCUT2D eigenvalue weighted by Crippen LogP contribution is 2.06. The number of hydrogen-bond donors (Lipinski definition) is 0. The molecule has 0 heterocycles. The Hall–Kier alpha value is -1.36. The van der Waals surface area contributed by atoms with Gasteiger partial charge in [-0.05, 0) is 6.07 Å². The summed E-state index contributed by atoms with van der Waals surface area (Å²) in [5.74, 6) is 0. The lowest BCUT2D eigenvalue weighted by molar-refractivity contribution is 1.46. The first-order valence-corrected chi connectivity index (χ1v) is 2.25. The third-order valence-corrected chi connectivity index (χ3v) is 0.800. The zero-order chi connectivity index (χ0) is 5.82. The van der Waals surface area contributed by atoms with E-state index < -0.39 is 0 Å². The highest BCUT2D eigenvalue weighted by Gasteiger charge is 1.97. The van der Waals surface area contributed by atoms with E-state index in [1.165, 1.54) is 0 Å². The molecular weight excluding hydrogens is 100 g/mol. The Labute approximate surface area is 47.4 Å². The second kappa shape index (κ2) is 2.08. The number of diazo groups is 1. The van der Waals surface area contributed by atoms with Crippen LogP contribution in [0.5, 0.6) is 0 Å². The van der Waals surface area contributed by atoms with Crippen LogP contribution in [0.3, 0.4) is 0 Å². The fourth-order valence-corrected chi connectivity index (χ4v) is 0.446. The van der Waals surface area contributed by atoms with Crippen LogP contribution < -0.4 is 0 Å². The van der Waals surface area contributed by atoms with E-state index in [0.29, 0.717) is 5.69 Å². The van der Waals surface area contributed by atoms with E-state index in [4.69, 9.17) is 5.39 Å². The van der Waals surface area contributed by atoms with Crippen LogP contribution in [0, 0.1) is 11.5 Å². The summed E-state index contributed by atoms with van der Waals surface area (Å²) in [6, 6.07) is 9.66. The predicted molar refractivity (Wildman–Crippen MR) is 30.0 cm³/mol. The van der Waals surface area contributed by atoms with Crippen molar-refractivity contribution >= 4 is 5.69 Å². The Kier molecular flexibility index (Phi) is 1.25. The third kappa shape index (κ3) is 0.824. The van der Waals surface area contributed by atoms with Gasteiger partial charge in [0.05, 0.1) is 6.07 Å². The average molecular weight is 104 g/mol. The molecule has 2 nitrogen and oxygen atoms in total. The van der Waals surface area contributed by atoms with Gasteiger partial charge in [0.25, 0.3) is 0 Å². The Morgan fingerprint density at radius 2 is 2.38 bits per heavy atom. The van der Waals surface area contributed by atoms with Gasteiger partial charge in [-0.3, -0.25) is 0 Å². The van der Waals surface area contributed by atoms with Crippen LogP contribution in [-0.4, -0.2) is 0 Å². The predicted octanol–water partition coefficient (Wildman–Crippen LogP) is 1.97. The first kappa shape index (κ1) is 4.79. The van der Waals surface area contributed by atoms with Crippen molar-refractivity contribution in [3.8, 4) is 0 Å². The van der Waals surface area contributed by atoms with E-state index in [1.807, 2.05) is 6.07 Å². The maximum Gasteiger partial charge on any atom is 0.393 e. The van der Waals surface area contributed by atoms with Crippen molar-refractivity contribution < 1.29 is 0 Å². The lowest BCUT2D eigenvalue weighted by Gasteiger charge is -1.68. The summed E-state index contributed by atoms with van der Waals surface area (Å²) in [7, 11) is 0. The topological polar surface area (TPSA) is 28.1 Å². The van der Waals surface area contributed by atoms with Gasteiger partial charge < -0.3 is 0 Å². The van der Waals surface area contributed by atoms with Crippen LogP contribution in [0.1, 0.15) is 0 Å². The molecule has 0 fully saturated rings. The molecule has 0 unspecified atom stereocenters. The van der Waals surface area contributed by atoms with Crippen molar-refractivity contribution in [3.63, 3.8) is 0 Å². The molecule has 1 aromatic carbocycles. The maximum atomic E-state index is 8.13. The van der Waals surface area contributed by atoms with Crippen LogP contribution >= 0.6 is 0 Å². The van der Waals surface area contributed by atoms with Gasteiger partial charge in [-0.25, -0.2) is 0 Å². The molecular formula is C6H4N2+. The quantitative estimate of drug-likeness (QED) is 0.462. The molecule has 1 rings (SSSR count). The summed E-state index contributed by atoms with van der Waals surface area (Å²) in [4.78, 5) is 2.92. The standard InChI is InChI=1S/C6H4N2/c7-8-6-4-2-1-3-5-6/h1-4H/q+1. The Morgan fingerprint density at radius 3 is 2.75 bits per heavy atom. The number of hydrogen-bond acceptors (Lipinski definition) is 1. The normalized spacial score (nSPS) is 7.88. The Morgan fingerprint density at radius 1 is 1.50 bits per heavy atom. The molecule has 1 radical (unpaired) electrons. The molecule has 0 aliphatic carbocycles. The molecule has 0 saturated carbocycles. The molecule has 37 valence electrons. The van der Waals surface area contributed by atoms with Crippen LogP contribution in [-0.2, 0) is 0 Å². The van der Waals surface area contributed by atoms with Gasteiger partial charge in [0, 0.05) is 6.07 Å². The second-order valence-corrected chi connectivity index (χ2v) is 1.35. The minimum Gasteiger partial charge on any atom is -0.0611 e. The highest BCUT2D eigenvalue weighted by atomic mass is 14.8. The maximum absolute atomic E-state index is 8.13. The van der Waals surface area contributed by atoms with Gasteiger partial charge in [0.15, 0.2) is 4.98 Å². The molecule has 2 heteroatoms. The van der Waals surface area contributed by atoms with Crippen molar-refractivity contribution in [2.45, 2.75) is 0 Å². The molecule has 0 N–H and O–H groups in total. The average Bonchev–Trinajstić information content (AvgIpc) is 1.90. The zero-order valence-corrected chi connectivity index (χ0v) is 4.20. The molecule has 0 atom stereocenters. The number of benzene rings is 1. The van der Waals surface area contributed by atoms with Gasteiger partial charge in [-0.15, -0.1) is 0 Å². The zero-order valence-electron chi connectivity index (χ0n) is 4.20. The van der Waals surface area contributed by atoms with E-state index in [2.05, 4.69) is 11.0 Å². The fraction of sp³-hybridized carbons (Fsp3) is 0. The van der Waals surface area contributed by atoms with E-state index in [9.17, 15) is 0 Å². The fourth-order valence-electron chi connectivity index (χ4n) is 0.446. The van der Waals surface area contributed by atoms with Gasteiger partial charge in [0.1, 0.15) is 0 Å².